The smallest absolute Gasteiger partial charge is 0.259 e. The number of carbonyl (C=O) groups is 1. The first-order chi connectivity index (χ1) is 14.5. The highest BCUT2D eigenvalue weighted by Crippen LogP contribution is 2.38. The van der Waals surface area contributed by atoms with E-state index in [-0.39, 0.29) is 18.6 Å². The second-order valence-corrected chi connectivity index (χ2v) is 7.65. The lowest BCUT2D eigenvalue weighted by Gasteiger charge is -2.36. The molecule has 3 aromatic heterocycles. The van der Waals surface area contributed by atoms with Crippen molar-refractivity contribution in [3.05, 3.63) is 40.7 Å². The van der Waals surface area contributed by atoms with Gasteiger partial charge in [-0.2, -0.15) is 5.10 Å². The standard InChI is InChI=1S/C21H27N5O4/c1-4-17-19(14(3)24-29-17)21(28)25-8-6-5-7-16(25)20-15(12-22-26(20)9-10-27)18-11-13(2)23-30-18/h11-12,16,27H,4-10H2,1-3H3. The van der Waals surface area contributed by atoms with Crippen LogP contribution in [0.15, 0.2) is 21.3 Å². The summed E-state index contributed by atoms with van der Waals surface area (Å²) in [6, 6.07) is 1.66. The van der Waals surface area contributed by atoms with Crippen molar-refractivity contribution in [2.24, 2.45) is 0 Å². The number of aromatic nitrogens is 4. The molecule has 1 saturated heterocycles. The topological polar surface area (TPSA) is 110 Å². The van der Waals surface area contributed by atoms with E-state index in [9.17, 15) is 9.90 Å². The third-order valence-corrected chi connectivity index (χ3v) is 5.63. The summed E-state index contributed by atoms with van der Waals surface area (Å²) >= 11 is 0. The van der Waals surface area contributed by atoms with Crippen molar-refractivity contribution in [1.82, 2.24) is 25.0 Å². The molecule has 4 rings (SSSR count). The quantitative estimate of drug-likeness (QED) is 0.661. The Morgan fingerprint density at radius 3 is 2.80 bits per heavy atom. The third kappa shape index (κ3) is 3.54. The van der Waals surface area contributed by atoms with E-state index in [1.165, 1.54) is 0 Å². The summed E-state index contributed by atoms with van der Waals surface area (Å²) in [5.41, 5.74) is 3.59. The van der Waals surface area contributed by atoms with Crippen molar-refractivity contribution in [3.8, 4) is 11.3 Å². The van der Waals surface area contributed by atoms with Crippen molar-refractivity contribution in [2.75, 3.05) is 13.2 Å². The molecule has 1 fully saturated rings. The summed E-state index contributed by atoms with van der Waals surface area (Å²) in [6.07, 6.45) is 5.06. The van der Waals surface area contributed by atoms with Crippen LogP contribution < -0.4 is 0 Å². The molecule has 9 heteroatoms. The number of carbonyl (C=O) groups excluding carboxylic acids is 1. The molecule has 1 N–H and O–H groups in total. The van der Waals surface area contributed by atoms with Crippen LogP contribution >= 0.6 is 0 Å². The second kappa shape index (κ2) is 8.43. The van der Waals surface area contributed by atoms with Crippen molar-refractivity contribution < 1.29 is 18.9 Å². The van der Waals surface area contributed by atoms with Gasteiger partial charge in [0.1, 0.15) is 11.3 Å². The first kappa shape index (κ1) is 20.3. The number of nitrogens with zero attached hydrogens (tertiary/aromatic N) is 5. The van der Waals surface area contributed by atoms with Crippen LogP contribution in [0.2, 0.25) is 0 Å². The van der Waals surface area contributed by atoms with Gasteiger partial charge in [-0.3, -0.25) is 9.48 Å². The van der Waals surface area contributed by atoms with Crippen LogP contribution in [0.5, 0.6) is 0 Å². The lowest BCUT2D eigenvalue weighted by molar-refractivity contribution is 0.0596. The molecule has 0 bridgehead atoms. The van der Waals surface area contributed by atoms with E-state index in [4.69, 9.17) is 9.05 Å². The van der Waals surface area contributed by atoms with Crippen LogP contribution in [-0.4, -0.2) is 49.2 Å². The highest BCUT2D eigenvalue weighted by Gasteiger charge is 2.36. The zero-order valence-electron chi connectivity index (χ0n) is 17.6. The summed E-state index contributed by atoms with van der Waals surface area (Å²) in [5.74, 6) is 1.14. The Labute approximate surface area is 174 Å². The number of aliphatic hydroxyl groups is 1. The number of aryl methyl sites for hydroxylation is 3. The Kier molecular flexibility index (Phi) is 5.72. The van der Waals surface area contributed by atoms with Gasteiger partial charge in [0.25, 0.3) is 5.91 Å². The van der Waals surface area contributed by atoms with Gasteiger partial charge in [0.15, 0.2) is 5.76 Å². The van der Waals surface area contributed by atoms with E-state index in [0.29, 0.717) is 42.3 Å². The van der Waals surface area contributed by atoms with Crippen LogP contribution in [0, 0.1) is 13.8 Å². The fourth-order valence-corrected chi connectivity index (χ4v) is 4.23. The number of likely N-dealkylation sites (tertiary alicyclic amines) is 1. The third-order valence-electron chi connectivity index (χ3n) is 5.63. The minimum Gasteiger partial charge on any atom is -0.394 e. The summed E-state index contributed by atoms with van der Waals surface area (Å²) in [5, 5.41) is 22.0. The number of amides is 1. The molecule has 0 saturated carbocycles. The Balaban J connectivity index is 1.78. The number of hydrogen-bond acceptors (Lipinski definition) is 7. The molecule has 30 heavy (non-hydrogen) atoms. The largest absolute Gasteiger partial charge is 0.394 e. The highest BCUT2D eigenvalue weighted by atomic mass is 16.5. The fraction of sp³-hybridized carbons (Fsp3) is 0.524. The van der Waals surface area contributed by atoms with E-state index < -0.39 is 0 Å². The minimum atomic E-state index is -0.195. The summed E-state index contributed by atoms with van der Waals surface area (Å²) in [4.78, 5) is 15.5. The van der Waals surface area contributed by atoms with E-state index in [1.807, 2.05) is 24.8 Å². The van der Waals surface area contributed by atoms with Crippen LogP contribution in [0.4, 0.5) is 0 Å². The first-order valence-electron chi connectivity index (χ1n) is 10.4. The highest BCUT2D eigenvalue weighted by molar-refractivity contribution is 5.96. The van der Waals surface area contributed by atoms with Crippen molar-refractivity contribution >= 4 is 5.91 Å². The van der Waals surface area contributed by atoms with E-state index in [2.05, 4.69) is 15.4 Å². The van der Waals surface area contributed by atoms with Crippen LogP contribution in [-0.2, 0) is 13.0 Å². The van der Waals surface area contributed by atoms with Crippen LogP contribution in [0.25, 0.3) is 11.3 Å². The number of aliphatic hydroxyl groups excluding tert-OH is 1. The molecule has 4 heterocycles. The van der Waals surface area contributed by atoms with Gasteiger partial charge in [0, 0.05) is 19.0 Å². The number of rotatable bonds is 6. The first-order valence-corrected chi connectivity index (χ1v) is 10.4. The van der Waals surface area contributed by atoms with Gasteiger partial charge in [-0.05, 0) is 33.1 Å². The average molecular weight is 413 g/mol. The van der Waals surface area contributed by atoms with Gasteiger partial charge in [0.2, 0.25) is 0 Å². The molecule has 0 aliphatic carbocycles. The Bertz CT molecular complexity index is 1030. The Morgan fingerprint density at radius 2 is 2.10 bits per heavy atom. The van der Waals surface area contributed by atoms with Crippen molar-refractivity contribution in [3.63, 3.8) is 0 Å². The molecule has 9 nitrogen and oxygen atoms in total. The SMILES string of the molecule is CCc1onc(C)c1C(=O)N1CCCCC1c1c(-c2cc(C)no2)cnn1CCO. The van der Waals surface area contributed by atoms with Gasteiger partial charge in [-0.1, -0.05) is 17.2 Å². The van der Waals surface area contributed by atoms with Gasteiger partial charge in [-0.15, -0.1) is 0 Å². The van der Waals surface area contributed by atoms with E-state index in [0.717, 1.165) is 36.2 Å². The predicted octanol–water partition coefficient (Wildman–Crippen LogP) is 3.07. The fourth-order valence-electron chi connectivity index (χ4n) is 4.23. The molecule has 0 radical (unpaired) electrons. The van der Waals surface area contributed by atoms with Crippen molar-refractivity contribution in [2.45, 2.75) is 59.0 Å². The molecule has 1 amide bonds. The molecule has 0 aromatic carbocycles. The van der Waals surface area contributed by atoms with E-state index >= 15 is 0 Å². The summed E-state index contributed by atoms with van der Waals surface area (Å²) in [7, 11) is 0. The normalized spacial score (nSPS) is 16.9. The van der Waals surface area contributed by atoms with Gasteiger partial charge in [0.05, 0.1) is 48.0 Å². The predicted molar refractivity (Wildman–Crippen MR) is 108 cm³/mol. The van der Waals surface area contributed by atoms with Gasteiger partial charge in [-0.25, -0.2) is 0 Å². The van der Waals surface area contributed by atoms with Crippen LogP contribution in [0.3, 0.4) is 0 Å². The van der Waals surface area contributed by atoms with Gasteiger partial charge < -0.3 is 19.1 Å². The maximum atomic E-state index is 13.6. The zero-order chi connectivity index (χ0) is 21.3. The summed E-state index contributed by atoms with van der Waals surface area (Å²) < 4.78 is 12.6. The molecule has 1 aliphatic heterocycles. The minimum absolute atomic E-state index is 0.0467. The monoisotopic (exact) mass is 413 g/mol. The van der Waals surface area contributed by atoms with Crippen LogP contribution in [0.1, 0.15) is 65.4 Å². The maximum Gasteiger partial charge on any atom is 0.259 e. The molecule has 1 atom stereocenters. The lowest BCUT2D eigenvalue weighted by atomic mass is 9.94. The second-order valence-electron chi connectivity index (χ2n) is 7.65. The van der Waals surface area contributed by atoms with E-state index in [1.54, 1.807) is 17.8 Å². The van der Waals surface area contributed by atoms with Crippen molar-refractivity contribution in [1.29, 1.82) is 0 Å². The molecule has 160 valence electrons. The molecule has 3 aromatic rings. The molecule has 1 unspecified atom stereocenters. The average Bonchev–Trinajstić information content (AvgIpc) is 3.46. The molecule has 1 aliphatic rings. The van der Waals surface area contributed by atoms with Gasteiger partial charge >= 0.3 is 0 Å². The molecular weight excluding hydrogens is 386 g/mol. The number of piperidine rings is 1. The maximum absolute atomic E-state index is 13.6. The Morgan fingerprint density at radius 1 is 1.27 bits per heavy atom. The zero-order valence-corrected chi connectivity index (χ0v) is 17.6. The number of hydrogen-bond donors (Lipinski definition) is 1. The lowest BCUT2D eigenvalue weighted by Crippen LogP contribution is -2.40. The Hall–Kier alpha value is -2.94. The molecule has 0 spiro atoms. The summed E-state index contributed by atoms with van der Waals surface area (Å²) in [6.45, 7) is 6.54. The molecular formula is C21H27N5O4.